The van der Waals surface area contributed by atoms with Gasteiger partial charge >= 0.3 is 6.03 Å². The van der Waals surface area contributed by atoms with Crippen LogP contribution in [0.1, 0.15) is 48.0 Å². The minimum atomic E-state index is -0.145. The molecule has 1 N–H and O–H groups in total. The summed E-state index contributed by atoms with van der Waals surface area (Å²) in [6.45, 7) is 14.6. The van der Waals surface area contributed by atoms with Crippen molar-refractivity contribution in [2.75, 3.05) is 13.1 Å². The Balaban J connectivity index is 2.57. The second kappa shape index (κ2) is 4.27. The SMILES string of the molecule is CC(C)[C@]1(C)CCN(C(=O)NC(C)(C)C)C1. The molecule has 2 amide bonds. The highest BCUT2D eigenvalue weighted by Gasteiger charge is 2.38. The molecule has 0 aromatic carbocycles. The number of likely N-dealkylation sites (tertiary alicyclic amines) is 1. The van der Waals surface area contributed by atoms with Gasteiger partial charge in [0.05, 0.1) is 0 Å². The Morgan fingerprint density at radius 3 is 2.31 bits per heavy atom. The number of hydrogen-bond acceptors (Lipinski definition) is 1. The zero-order valence-electron chi connectivity index (χ0n) is 11.6. The highest BCUT2D eigenvalue weighted by atomic mass is 16.2. The van der Waals surface area contributed by atoms with E-state index in [1.54, 1.807) is 0 Å². The van der Waals surface area contributed by atoms with Crippen LogP contribution in [0, 0.1) is 11.3 Å². The molecule has 0 spiro atoms. The average Bonchev–Trinajstić information content (AvgIpc) is 2.46. The van der Waals surface area contributed by atoms with E-state index in [1.165, 1.54) is 0 Å². The van der Waals surface area contributed by atoms with Crippen molar-refractivity contribution < 1.29 is 4.79 Å². The quantitative estimate of drug-likeness (QED) is 0.732. The molecule has 94 valence electrons. The molecule has 0 unspecified atom stereocenters. The van der Waals surface area contributed by atoms with Crippen LogP contribution in [0.2, 0.25) is 0 Å². The van der Waals surface area contributed by atoms with Crippen LogP contribution in [0.3, 0.4) is 0 Å². The second-order valence-corrected chi connectivity index (χ2v) is 6.66. The van der Waals surface area contributed by atoms with Crippen LogP contribution in [0.15, 0.2) is 0 Å². The number of urea groups is 1. The van der Waals surface area contributed by atoms with Crippen LogP contribution in [-0.4, -0.2) is 29.6 Å². The number of carbonyl (C=O) groups is 1. The first-order valence-electron chi connectivity index (χ1n) is 6.21. The fraction of sp³-hybridized carbons (Fsp3) is 0.923. The maximum absolute atomic E-state index is 12.0. The summed E-state index contributed by atoms with van der Waals surface area (Å²) in [6.07, 6.45) is 1.11. The molecule has 0 aromatic rings. The lowest BCUT2D eigenvalue weighted by Gasteiger charge is -2.30. The van der Waals surface area contributed by atoms with Gasteiger partial charge in [0.15, 0.2) is 0 Å². The third kappa shape index (κ3) is 3.13. The van der Waals surface area contributed by atoms with Crippen LogP contribution in [-0.2, 0) is 0 Å². The van der Waals surface area contributed by atoms with Gasteiger partial charge in [0.1, 0.15) is 0 Å². The van der Waals surface area contributed by atoms with Crippen molar-refractivity contribution in [2.24, 2.45) is 11.3 Å². The molecule has 1 rings (SSSR count). The topological polar surface area (TPSA) is 32.3 Å². The normalized spacial score (nSPS) is 26.3. The molecule has 16 heavy (non-hydrogen) atoms. The number of nitrogens with zero attached hydrogens (tertiary/aromatic N) is 1. The van der Waals surface area contributed by atoms with Crippen molar-refractivity contribution >= 4 is 6.03 Å². The summed E-state index contributed by atoms with van der Waals surface area (Å²) < 4.78 is 0. The Bertz CT molecular complexity index is 268. The predicted octanol–water partition coefficient (Wildman–Crippen LogP) is 2.86. The minimum Gasteiger partial charge on any atom is -0.333 e. The maximum atomic E-state index is 12.0. The smallest absolute Gasteiger partial charge is 0.317 e. The number of rotatable bonds is 1. The third-order valence-electron chi connectivity index (χ3n) is 3.67. The Morgan fingerprint density at radius 2 is 1.94 bits per heavy atom. The van der Waals surface area contributed by atoms with E-state index in [-0.39, 0.29) is 17.0 Å². The van der Waals surface area contributed by atoms with E-state index in [0.29, 0.717) is 5.92 Å². The molecule has 0 radical (unpaired) electrons. The van der Waals surface area contributed by atoms with Crippen molar-refractivity contribution in [1.82, 2.24) is 10.2 Å². The first kappa shape index (κ1) is 13.3. The monoisotopic (exact) mass is 226 g/mol. The molecule has 0 saturated carbocycles. The minimum absolute atomic E-state index is 0.0804. The van der Waals surface area contributed by atoms with Crippen LogP contribution in [0.4, 0.5) is 4.79 Å². The fourth-order valence-corrected chi connectivity index (χ4v) is 2.03. The van der Waals surface area contributed by atoms with Crippen molar-refractivity contribution in [2.45, 2.75) is 53.5 Å². The van der Waals surface area contributed by atoms with Gasteiger partial charge in [-0.15, -0.1) is 0 Å². The standard InChI is InChI=1S/C13H26N2O/c1-10(2)13(6)7-8-15(9-13)11(16)14-12(3,4)5/h10H,7-9H2,1-6H3,(H,14,16)/t13-/m1/s1. The lowest BCUT2D eigenvalue weighted by molar-refractivity contribution is 0.181. The summed E-state index contributed by atoms with van der Waals surface area (Å²) in [4.78, 5) is 13.9. The highest BCUT2D eigenvalue weighted by Crippen LogP contribution is 2.37. The van der Waals surface area contributed by atoms with Crippen molar-refractivity contribution in [3.63, 3.8) is 0 Å². The van der Waals surface area contributed by atoms with Gasteiger partial charge in [-0.05, 0) is 38.5 Å². The van der Waals surface area contributed by atoms with Gasteiger partial charge in [0, 0.05) is 18.6 Å². The van der Waals surface area contributed by atoms with Gasteiger partial charge in [0.2, 0.25) is 0 Å². The maximum Gasteiger partial charge on any atom is 0.317 e. The Hall–Kier alpha value is -0.730. The van der Waals surface area contributed by atoms with Crippen LogP contribution in [0.25, 0.3) is 0 Å². The third-order valence-corrected chi connectivity index (χ3v) is 3.67. The molecule has 1 atom stereocenters. The summed E-state index contributed by atoms with van der Waals surface area (Å²) in [5.74, 6) is 0.625. The zero-order chi connectivity index (χ0) is 12.6. The van der Waals surface area contributed by atoms with Crippen molar-refractivity contribution in [3.05, 3.63) is 0 Å². The molecule has 3 heteroatoms. The largest absolute Gasteiger partial charge is 0.333 e. The molecular weight excluding hydrogens is 200 g/mol. The molecular formula is C13H26N2O. The van der Waals surface area contributed by atoms with Crippen LogP contribution in [0.5, 0.6) is 0 Å². The summed E-state index contributed by atoms with van der Waals surface area (Å²) in [5.41, 5.74) is 0.142. The molecule has 0 aromatic heterocycles. The predicted molar refractivity (Wildman–Crippen MR) is 67.4 cm³/mol. The molecule has 3 nitrogen and oxygen atoms in total. The Morgan fingerprint density at radius 1 is 1.38 bits per heavy atom. The van der Waals surface area contributed by atoms with E-state index in [2.05, 4.69) is 26.1 Å². The number of nitrogens with one attached hydrogen (secondary N) is 1. The van der Waals surface area contributed by atoms with E-state index in [9.17, 15) is 4.79 Å². The molecule has 0 bridgehead atoms. The second-order valence-electron chi connectivity index (χ2n) is 6.66. The summed E-state index contributed by atoms with van der Waals surface area (Å²) in [5, 5.41) is 3.02. The molecule has 1 saturated heterocycles. The average molecular weight is 226 g/mol. The summed E-state index contributed by atoms with van der Waals surface area (Å²) in [6, 6.07) is 0.0804. The Kier molecular flexibility index (Phi) is 3.56. The zero-order valence-corrected chi connectivity index (χ0v) is 11.6. The van der Waals surface area contributed by atoms with Crippen molar-refractivity contribution in [3.8, 4) is 0 Å². The van der Waals surface area contributed by atoms with Gasteiger partial charge in [0.25, 0.3) is 0 Å². The molecule has 1 aliphatic rings. The first-order valence-corrected chi connectivity index (χ1v) is 6.21. The van der Waals surface area contributed by atoms with Crippen molar-refractivity contribution in [1.29, 1.82) is 0 Å². The number of hydrogen-bond donors (Lipinski definition) is 1. The molecule has 1 heterocycles. The van der Waals surface area contributed by atoms with Crippen LogP contribution >= 0.6 is 0 Å². The highest BCUT2D eigenvalue weighted by molar-refractivity contribution is 5.75. The Labute approximate surface area is 99.6 Å². The fourth-order valence-electron chi connectivity index (χ4n) is 2.03. The van der Waals surface area contributed by atoms with E-state index in [0.717, 1.165) is 19.5 Å². The van der Waals surface area contributed by atoms with Gasteiger partial charge in [-0.2, -0.15) is 0 Å². The van der Waals surface area contributed by atoms with E-state index in [4.69, 9.17) is 0 Å². The van der Waals surface area contributed by atoms with E-state index < -0.39 is 0 Å². The molecule has 0 aliphatic carbocycles. The number of carbonyl (C=O) groups excluding carboxylic acids is 1. The van der Waals surface area contributed by atoms with Crippen LogP contribution < -0.4 is 5.32 Å². The number of amides is 2. The summed E-state index contributed by atoms with van der Waals surface area (Å²) >= 11 is 0. The lowest BCUT2D eigenvalue weighted by atomic mass is 9.79. The lowest BCUT2D eigenvalue weighted by Crippen LogP contribution is -2.48. The van der Waals surface area contributed by atoms with E-state index >= 15 is 0 Å². The first-order chi connectivity index (χ1) is 7.14. The van der Waals surface area contributed by atoms with E-state index in [1.807, 2.05) is 25.7 Å². The molecule has 1 fully saturated rings. The van der Waals surface area contributed by atoms with Gasteiger partial charge in [-0.25, -0.2) is 4.79 Å². The van der Waals surface area contributed by atoms with Gasteiger partial charge in [-0.1, -0.05) is 20.8 Å². The summed E-state index contributed by atoms with van der Waals surface area (Å²) in [7, 11) is 0. The van der Waals surface area contributed by atoms with Gasteiger partial charge in [-0.3, -0.25) is 0 Å². The molecule has 1 aliphatic heterocycles. The van der Waals surface area contributed by atoms with Gasteiger partial charge < -0.3 is 10.2 Å².